The molecule has 0 spiro atoms. The van der Waals surface area contributed by atoms with Crippen molar-refractivity contribution in [1.82, 2.24) is 5.43 Å². The van der Waals surface area contributed by atoms with Crippen molar-refractivity contribution in [3.05, 3.63) is 57.4 Å². The lowest BCUT2D eigenvalue weighted by Gasteiger charge is -1.98. The molecule has 0 aliphatic heterocycles. The van der Waals surface area contributed by atoms with Crippen LogP contribution in [0.5, 0.6) is 0 Å². The van der Waals surface area contributed by atoms with E-state index in [2.05, 4.69) is 26.5 Å². The lowest BCUT2D eigenvalue weighted by molar-refractivity contribution is 0.0955. The molecule has 2 aromatic rings. The van der Waals surface area contributed by atoms with Gasteiger partial charge in [-0.15, -0.1) is 0 Å². The highest BCUT2D eigenvalue weighted by Crippen LogP contribution is 2.12. The monoisotopic (exact) mass is 326 g/mol. The van der Waals surface area contributed by atoms with Gasteiger partial charge in [-0.1, -0.05) is 11.6 Å². The van der Waals surface area contributed by atoms with Crippen molar-refractivity contribution in [3.63, 3.8) is 0 Å². The van der Waals surface area contributed by atoms with Crippen LogP contribution in [0.1, 0.15) is 16.1 Å². The van der Waals surface area contributed by atoms with Crippen molar-refractivity contribution in [2.45, 2.75) is 0 Å². The number of carbonyl (C=O) groups excluding carboxylic acids is 1. The maximum Gasteiger partial charge on any atom is 0.271 e. The van der Waals surface area contributed by atoms with Gasteiger partial charge in [-0.05, 0) is 52.3 Å². The minimum Gasteiger partial charge on any atom is -0.448 e. The average Bonchev–Trinajstić information content (AvgIpc) is 2.76. The Balaban J connectivity index is 1.96. The van der Waals surface area contributed by atoms with Crippen molar-refractivity contribution in [3.8, 4) is 0 Å². The third-order valence-electron chi connectivity index (χ3n) is 2.06. The van der Waals surface area contributed by atoms with Crippen LogP contribution in [-0.2, 0) is 0 Å². The first kappa shape index (κ1) is 12.9. The van der Waals surface area contributed by atoms with E-state index in [4.69, 9.17) is 16.0 Å². The van der Waals surface area contributed by atoms with E-state index in [1.807, 2.05) is 0 Å². The summed E-state index contributed by atoms with van der Waals surface area (Å²) < 4.78 is 5.79. The molecule has 0 aliphatic rings. The molecule has 4 nitrogen and oxygen atoms in total. The highest BCUT2D eigenvalue weighted by Gasteiger charge is 2.03. The fraction of sp³-hybridized carbons (Fsp3) is 0. The summed E-state index contributed by atoms with van der Waals surface area (Å²) in [6.45, 7) is 0. The largest absolute Gasteiger partial charge is 0.448 e. The summed E-state index contributed by atoms with van der Waals surface area (Å²) in [6, 6.07) is 9.99. The fourth-order valence-electron chi connectivity index (χ4n) is 1.22. The molecule has 1 amide bonds. The Kier molecular flexibility index (Phi) is 4.17. The fourth-order valence-corrected chi connectivity index (χ4v) is 1.66. The van der Waals surface area contributed by atoms with Crippen molar-refractivity contribution < 1.29 is 9.21 Å². The first-order valence-corrected chi connectivity index (χ1v) is 6.16. The minimum absolute atomic E-state index is 0.312. The Hall–Kier alpha value is -1.59. The maximum absolute atomic E-state index is 11.6. The van der Waals surface area contributed by atoms with Crippen LogP contribution in [0.25, 0.3) is 0 Å². The van der Waals surface area contributed by atoms with Crippen LogP contribution in [0.2, 0.25) is 5.02 Å². The first-order valence-electron chi connectivity index (χ1n) is 4.99. The standard InChI is InChI=1S/C12H8BrClN2O2/c13-11-6-5-10(18-11)7-15-16-12(17)8-1-3-9(14)4-2-8/h1-7H,(H,16,17)/b15-7-. The molecule has 1 heterocycles. The van der Waals surface area contributed by atoms with Gasteiger partial charge in [0.05, 0.1) is 6.21 Å². The van der Waals surface area contributed by atoms with Crippen LogP contribution < -0.4 is 5.43 Å². The third kappa shape index (κ3) is 3.45. The predicted octanol–water partition coefficient (Wildman–Crippen LogP) is 3.46. The zero-order chi connectivity index (χ0) is 13.0. The first-order chi connectivity index (χ1) is 8.65. The summed E-state index contributed by atoms with van der Waals surface area (Å²) in [5, 5.41) is 4.36. The topological polar surface area (TPSA) is 54.6 Å². The molecule has 0 saturated carbocycles. The maximum atomic E-state index is 11.6. The molecule has 0 saturated heterocycles. The van der Waals surface area contributed by atoms with Gasteiger partial charge in [-0.2, -0.15) is 5.10 Å². The average molecular weight is 328 g/mol. The summed E-state index contributed by atoms with van der Waals surface area (Å²) in [7, 11) is 0. The van der Waals surface area contributed by atoms with Crippen molar-refractivity contribution in [2.24, 2.45) is 5.10 Å². The van der Waals surface area contributed by atoms with Gasteiger partial charge in [0.1, 0.15) is 5.76 Å². The lowest BCUT2D eigenvalue weighted by atomic mass is 10.2. The zero-order valence-electron chi connectivity index (χ0n) is 9.06. The molecule has 6 heteroatoms. The van der Waals surface area contributed by atoms with Gasteiger partial charge in [0.25, 0.3) is 5.91 Å². The van der Waals surface area contributed by atoms with E-state index >= 15 is 0 Å². The number of hydrogen-bond donors (Lipinski definition) is 1. The van der Waals surface area contributed by atoms with E-state index in [1.54, 1.807) is 36.4 Å². The molecule has 92 valence electrons. The van der Waals surface area contributed by atoms with E-state index in [0.29, 0.717) is 21.0 Å². The summed E-state index contributed by atoms with van der Waals surface area (Å²) in [4.78, 5) is 11.6. The molecule has 1 aromatic carbocycles. The van der Waals surface area contributed by atoms with Crippen LogP contribution in [0.3, 0.4) is 0 Å². The summed E-state index contributed by atoms with van der Waals surface area (Å²) in [6.07, 6.45) is 1.42. The summed E-state index contributed by atoms with van der Waals surface area (Å²) >= 11 is 8.89. The molecule has 1 aromatic heterocycles. The molecular formula is C12H8BrClN2O2. The van der Waals surface area contributed by atoms with Gasteiger partial charge in [-0.3, -0.25) is 4.79 Å². The molecule has 0 atom stereocenters. The van der Waals surface area contributed by atoms with Crippen molar-refractivity contribution in [1.29, 1.82) is 0 Å². The minimum atomic E-state index is -0.312. The molecule has 0 aliphatic carbocycles. The molecule has 0 bridgehead atoms. The predicted molar refractivity (Wildman–Crippen MR) is 72.9 cm³/mol. The molecular weight excluding hydrogens is 320 g/mol. The molecule has 0 unspecified atom stereocenters. The molecule has 0 fully saturated rings. The number of hydrogen-bond acceptors (Lipinski definition) is 3. The highest BCUT2D eigenvalue weighted by atomic mass is 79.9. The molecule has 0 radical (unpaired) electrons. The van der Waals surface area contributed by atoms with Crippen LogP contribution in [0.15, 0.2) is 50.6 Å². The number of benzene rings is 1. The molecule has 1 N–H and O–H groups in total. The number of nitrogens with one attached hydrogen (secondary N) is 1. The normalized spacial score (nSPS) is 10.8. The number of nitrogens with zero attached hydrogens (tertiary/aromatic N) is 1. The van der Waals surface area contributed by atoms with E-state index in [9.17, 15) is 4.79 Å². The van der Waals surface area contributed by atoms with Gasteiger partial charge in [0.2, 0.25) is 0 Å². The number of hydrazone groups is 1. The van der Waals surface area contributed by atoms with Crippen LogP contribution in [0, 0.1) is 0 Å². The summed E-state index contributed by atoms with van der Waals surface area (Å²) in [5.74, 6) is 0.229. The Labute approximate surface area is 117 Å². The van der Waals surface area contributed by atoms with Crippen molar-refractivity contribution >= 4 is 39.7 Å². The third-order valence-corrected chi connectivity index (χ3v) is 2.74. The van der Waals surface area contributed by atoms with Gasteiger partial charge in [0.15, 0.2) is 4.67 Å². The SMILES string of the molecule is O=C(N/N=C\c1ccc(Br)o1)c1ccc(Cl)cc1. The van der Waals surface area contributed by atoms with E-state index in [0.717, 1.165) is 0 Å². The van der Waals surface area contributed by atoms with E-state index in [1.165, 1.54) is 6.21 Å². The number of rotatable bonds is 3. The number of halogens is 2. The van der Waals surface area contributed by atoms with Gasteiger partial charge >= 0.3 is 0 Å². The Morgan fingerprint density at radius 2 is 2.00 bits per heavy atom. The quantitative estimate of drug-likeness (QED) is 0.693. The van der Waals surface area contributed by atoms with Gasteiger partial charge in [-0.25, -0.2) is 5.43 Å². The van der Waals surface area contributed by atoms with E-state index in [-0.39, 0.29) is 5.91 Å². The highest BCUT2D eigenvalue weighted by molar-refractivity contribution is 9.10. The van der Waals surface area contributed by atoms with Crippen molar-refractivity contribution in [2.75, 3.05) is 0 Å². The Bertz CT molecular complexity index is 578. The smallest absolute Gasteiger partial charge is 0.271 e. The van der Waals surface area contributed by atoms with Gasteiger partial charge < -0.3 is 4.42 Å². The second kappa shape index (κ2) is 5.84. The number of amides is 1. The summed E-state index contributed by atoms with van der Waals surface area (Å²) in [5.41, 5.74) is 2.87. The van der Waals surface area contributed by atoms with E-state index < -0.39 is 0 Å². The van der Waals surface area contributed by atoms with Crippen LogP contribution >= 0.6 is 27.5 Å². The van der Waals surface area contributed by atoms with Crippen LogP contribution in [0.4, 0.5) is 0 Å². The Morgan fingerprint density at radius 3 is 2.61 bits per heavy atom. The van der Waals surface area contributed by atoms with Crippen LogP contribution in [-0.4, -0.2) is 12.1 Å². The lowest BCUT2D eigenvalue weighted by Crippen LogP contribution is -2.17. The molecule has 18 heavy (non-hydrogen) atoms. The van der Waals surface area contributed by atoms with Gasteiger partial charge in [0, 0.05) is 10.6 Å². The second-order valence-electron chi connectivity index (χ2n) is 3.35. The Morgan fingerprint density at radius 1 is 1.28 bits per heavy atom. The zero-order valence-corrected chi connectivity index (χ0v) is 11.4. The molecule has 2 rings (SSSR count). The second-order valence-corrected chi connectivity index (χ2v) is 4.57. The number of furan rings is 1. The number of carbonyl (C=O) groups is 1.